The second kappa shape index (κ2) is 11.0. The second-order valence-electron chi connectivity index (χ2n) is 10.3. The van der Waals surface area contributed by atoms with Crippen LogP contribution in [0.3, 0.4) is 0 Å². The lowest BCUT2D eigenvalue weighted by atomic mass is 9.89. The Labute approximate surface area is 205 Å². The highest BCUT2D eigenvalue weighted by atomic mass is 15.3. The number of rotatable bonds is 10. The molecule has 0 aliphatic heterocycles. The summed E-state index contributed by atoms with van der Waals surface area (Å²) in [4.78, 5) is 4.97. The molecule has 0 radical (unpaired) electrons. The molecule has 0 spiro atoms. The molecule has 2 N–H and O–H groups in total. The smallest absolute Gasteiger partial charge is 0.0569 e. The summed E-state index contributed by atoms with van der Waals surface area (Å²) in [5.41, 5.74) is 12.3. The Morgan fingerprint density at radius 2 is 1.97 bits per heavy atom. The van der Waals surface area contributed by atoms with Crippen LogP contribution < -0.4 is 5.73 Å². The van der Waals surface area contributed by atoms with Crippen LogP contribution in [0.4, 0.5) is 0 Å². The predicted octanol–water partition coefficient (Wildman–Crippen LogP) is 7.45. The highest BCUT2D eigenvalue weighted by molar-refractivity contribution is 5.99. The van der Waals surface area contributed by atoms with Crippen LogP contribution >= 0.6 is 0 Å². The summed E-state index contributed by atoms with van der Waals surface area (Å²) >= 11 is 0. The number of aryl methyl sites for hydroxylation is 2. The molecule has 1 atom stereocenters. The Morgan fingerprint density at radius 1 is 1.18 bits per heavy atom. The molecule has 4 rings (SSSR count). The zero-order valence-electron chi connectivity index (χ0n) is 21.0. The van der Waals surface area contributed by atoms with Gasteiger partial charge in [0.15, 0.2) is 0 Å². The maximum atomic E-state index is 6.15. The highest BCUT2D eigenvalue weighted by Gasteiger charge is 2.17. The monoisotopic (exact) mass is 456 g/mol. The van der Waals surface area contributed by atoms with E-state index in [2.05, 4.69) is 50.0 Å². The molecule has 2 aromatic heterocycles. The van der Waals surface area contributed by atoms with Crippen LogP contribution in [0.15, 0.2) is 50.0 Å². The van der Waals surface area contributed by atoms with E-state index in [0.717, 1.165) is 59.7 Å². The van der Waals surface area contributed by atoms with E-state index in [1.807, 2.05) is 18.5 Å². The average Bonchev–Trinajstić information content (AvgIpc) is 3.29. The van der Waals surface area contributed by atoms with Gasteiger partial charge < -0.3 is 5.73 Å². The molecular formula is C30H40N4. The van der Waals surface area contributed by atoms with Gasteiger partial charge in [0.25, 0.3) is 0 Å². The topological polar surface area (TPSA) is 56.7 Å². The number of benzene rings is 1. The molecule has 4 heteroatoms. The maximum absolute atomic E-state index is 6.15. The summed E-state index contributed by atoms with van der Waals surface area (Å²) in [7, 11) is 0. The summed E-state index contributed by atoms with van der Waals surface area (Å²) < 4.78 is 2.13. The Morgan fingerprint density at radius 3 is 2.71 bits per heavy atom. The van der Waals surface area contributed by atoms with Gasteiger partial charge in [-0.05, 0) is 80.4 Å². The first-order chi connectivity index (χ1) is 16.5. The van der Waals surface area contributed by atoms with Crippen LogP contribution in [-0.4, -0.2) is 14.8 Å². The van der Waals surface area contributed by atoms with Crippen molar-refractivity contribution in [2.45, 2.75) is 78.2 Å². The van der Waals surface area contributed by atoms with Crippen LogP contribution in [0.1, 0.15) is 75.1 Å². The van der Waals surface area contributed by atoms with Crippen molar-refractivity contribution in [2.24, 2.45) is 17.6 Å². The Kier molecular flexibility index (Phi) is 7.87. The lowest BCUT2D eigenvalue weighted by molar-refractivity contribution is 0.308. The molecule has 180 valence electrons. The number of aromatic nitrogens is 3. The fourth-order valence-corrected chi connectivity index (χ4v) is 5.39. The summed E-state index contributed by atoms with van der Waals surface area (Å²) in [6, 6.07) is 4.45. The SMILES string of the molecule is C=CCCC(C)CCc1ncc(-c2cnn(CC3CCCCC3)c2)c2cc(C(=C)N)c(C)cc12. The molecule has 2 heterocycles. The minimum atomic E-state index is 0.606. The molecule has 4 nitrogen and oxygen atoms in total. The number of nitrogens with two attached hydrogens (primary N) is 1. The van der Waals surface area contributed by atoms with Crippen molar-refractivity contribution in [3.8, 4) is 11.1 Å². The number of hydrogen-bond donors (Lipinski definition) is 1. The first-order valence-electron chi connectivity index (χ1n) is 13.0. The van der Waals surface area contributed by atoms with Gasteiger partial charge in [-0.2, -0.15) is 5.10 Å². The summed E-state index contributed by atoms with van der Waals surface area (Å²) in [5.74, 6) is 1.40. The van der Waals surface area contributed by atoms with Gasteiger partial charge in [-0.25, -0.2) is 0 Å². The van der Waals surface area contributed by atoms with Gasteiger partial charge in [0, 0.05) is 52.4 Å². The first kappa shape index (κ1) is 24.3. The maximum Gasteiger partial charge on any atom is 0.0569 e. The lowest BCUT2D eigenvalue weighted by Crippen LogP contribution is -2.14. The fourth-order valence-electron chi connectivity index (χ4n) is 5.39. The number of allylic oxidation sites excluding steroid dienone is 1. The Hall–Kier alpha value is -2.88. The van der Waals surface area contributed by atoms with E-state index < -0.39 is 0 Å². The molecule has 1 unspecified atom stereocenters. The standard InChI is InChI=1S/C30H40N4/c1-5-6-10-21(2)13-14-30-28-15-22(3)26(23(4)31)16-27(28)29(18-32-30)25-17-33-34(20-25)19-24-11-8-7-9-12-24/h5,15-18,20-21,24H,1,4,6-14,19,31H2,2-3H3. The number of fused-ring (bicyclic) bond motifs is 1. The van der Waals surface area contributed by atoms with Gasteiger partial charge in [0.1, 0.15) is 0 Å². The van der Waals surface area contributed by atoms with E-state index in [1.165, 1.54) is 49.3 Å². The second-order valence-corrected chi connectivity index (χ2v) is 10.3. The van der Waals surface area contributed by atoms with Crippen molar-refractivity contribution in [1.82, 2.24) is 14.8 Å². The predicted molar refractivity (Wildman–Crippen MR) is 144 cm³/mol. The van der Waals surface area contributed by atoms with E-state index in [-0.39, 0.29) is 0 Å². The van der Waals surface area contributed by atoms with Crippen molar-refractivity contribution in [3.63, 3.8) is 0 Å². The van der Waals surface area contributed by atoms with E-state index >= 15 is 0 Å². The van der Waals surface area contributed by atoms with E-state index in [4.69, 9.17) is 15.8 Å². The third kappa shape index (κ3) is 5.60. The Bertz CT molecular complexity index is 1150. The van der Waals surface area contributed by atoms with Gasteiger partial charge >= 0.3 is 0 Å². The van der Waals surface area contributed by atoms with E-state index in [0.29, 0.717) is 11.6 Å². The third-order valence-electron chi connectivity index (χ3n) is 7.51. The minimum absolute atomic E-state index is 0.606. The largest absolute Gasteiger partial charge is 0.399 e. The molecule has 1 saturated carbocycles. The molecule has 1 aliphatic rings. The minimum Gasteiger partial charge on any atom is -0.399 e. The van der Waals surface area contributed by atoms with Crippen molar-refractivity contribution in [2.75, 3.05) is 0 Å². The van der Waals surface area contributed by atoms with Crippen molar-refractivity contribution >= 4 is 16.5 Å². The van der Waals surface area contributed by atoms with Crippen molar-refractivity contribution in [1.29, 1.82) is 0 Å². The van der Waals surface area contributed by atoms with E-state index in [9.17, 15) is 0 Å². The molecule has 34 heavy (non-hydrogen) atoms. The van der Waals surface area contributed by atoms with Crippen LogP contribution in [0.25, 0.3) is 27.6 Å². The summed E-state index contributed by atoms with van der Waals surface area (Å²) in [6.45, 7) is 13.3. The van der Waals surface area contributed by atoms with E-state index in [1.54, 1.807) is 0 Å². The number of hydrogen-bond acceptors (Lipinski definition) is 3. The van der Waals surface area contributed by atoms with Gasteiger partial charge in [-0.1, -0.05) is 38.8 Å². The fraction of sp³-hybridized carbons (Fsp3) is 0.467. The zero-order chi connectivity index (χ0) is 24.1. The molecule has 3 aromatic rings. The van der Waals surface area contributed by atoms with Gasteiger partial charge in [0.05, 0.1) is 6.20 Å². The average molecular weight is 457 g/mol. The molecular weight excluding hydrogens is 416 g/mol. The number of pyridine rings is 1. The molecule has 0 saturated heterocycles. The van der Waals surface area contributed by atoms with Gasteiger partial charge in [0.2, 0.25) is 0 Å². The van der Waals surface area contributed by atoms with Crippen LogP contribution in [0.5, 0.6) is 0 Å². The number of nitrogens with zero attached hydrogens (tertiary/aromatic N) is 3. The molecule has 1 aliphatic carbocycles. The lowest BCUT2D eigenvalue weighted by Gasteiger charge is -2.21. The molecule has 0 bridgehead atoms. The van der Waals surface area contributed by atoms with Crippen LogP contribution in [0, 0.1) is 18.8 Å². The quantitative estimate of drug-likeness (QED) is 0.322. The molecule has 1 fully saturated rings. The third-order valence-corrected chi connectivity index (χ3v) is 7.51. The normalized spacial score (nSPS) is 15.5. The Balaban J connectivity index is 1.67. The molecule has 1 aromatic carbocycles. The van der Waals surface area contributed by atoms with Crippen LogP contribution in [-0.2, 0) is 13.0 Å². The van der Waals surface area contributed by atoms with Gasteiger partial charge in [-0.3, -0.25) is 9.67 Å². The zero-order valence-corrected chi connectivity index (χ0v) is 21.0. The van der Waals surface area contributed by atoms with Gasteiger partial charge in [-0.15, -0.1) is 6.58 Å². The first-order valence-corrected chi connectivity index (χ1v) is 13.0. The van der Waals surface area contributed by atoms with Crippen molar-refractivity contribution in [3.05, 3.63) is 66.8 Å². The highest BCUT2D eigenvalue weighted by Crippen LogP contribution is 2.34. The van der Waals surface area contributed by atoms with Crippen molar-refractivity contribution < 1.29 is 0 Å². The summed E-state index contributed by atoms with van der Waals surface area (Å²) in [5, 5.41) is 7.12. The molecule has 0 amide bonds. The van der Waals surface area contributed by atoms with Crippen LogP contribution in [0.2, 0.25) is 0 Å². The summed E-state index contributed by atoms with van der Waals surface area (Å²) in [6.07, 6.45) is 19.3.